The van der Waals surface area contributed by atoms with Gasteiger partial charge in [-0.3, -0.25) is 0 Å². The van der Waals surface area contributed by atoms with E-state index in [-0.39, 0.29) is 6.04 Å². The van der Waals surface area contributed by atoms with Gasteiger partial charge >= 0.3 is 6.18 Å². The quantitative estimate of drug-likeness (QED) is 0.905. The number of benzene rings is 1. The molecule has 0 aliphatic rings. The third-order valence-electron chi connectivity index (χ3n) is 3.33. The summed E-state index contributed by atoms with van der Waals surface area (Å²) in [6, 6.07) is 7.65. The van der Waals surface area contributed by atoms with Gasteiger partial charge in [0, 0.05) is 12.2 Å². The summed E-state index contributed by atoms with van der Waals surface area (Å²) < 4.78 is 38.9. The van der Waals surface area contributed by atoms with Crippen molar-refractivity contribution < 1.29 is 13.2 Å². The van der Waals surface area contributed by atoms with Crippen molar-refractivity contribution in [3.8, 4) is 5.69 Å². The fourth-order valence-corrected chi connectivity index (χ4v) is 2.21. The molecule has 0 aliphatic carbocycles. The van der Waals surface area contributed by atoms with E-state index in [1.54, 1.807) is 12.1 Å². The molecule has 1 N–H and O–H groups in total. The van der Waals surface area contributed by atoms with E-state index in [0.717, 1.165) is 30.9 Å². The molecule has 3 nitrogen and oxygen atoms in total. The molecule has 0 saturated carbocycles. The number of alkyl halides is 3. The summed E-state index contributed by atoms with van der Waals surface area (Å²) in [5, 5.41) is 7.13. The van der Waals surface area contributed by atoms with E-state index in [9.17, 15) is 13.2 Å². The van der Waals surface area contributed by atoms with Crippen molar-refractivity contribution in [1.29, 1.82) is 0 Å². The minimum absolute atomic E-state index is 0.257. The van der Waals surface area contributed by atoms with Crippen LogP contribution in [0.2, 0.25) is 0 Å². The zero-order valence-corrected chi connectivity index (χ0v) is 12.0. The second-order valence-electron chi connectivity index (χ2n) is 4.78. The number of nitrogens with zero attached hydrogens (tertiary/aromatic N) is 2. The molecule has 0 saturated heterocycles. The van der Waals surface area contributed by atoms with Crippen molar-refractivity contribution in [2.75, 3.05) is 6.54 Å². The second-order valence-corrected chi connectivity index (χ2v) is 4.78. The molecular weight excluding hydrogens is 279 g/mol. The zero-order valence-electron chi connectivity index (χ0n) is 12.0. The Morgan fingerprint density at radius 3 is 2.33 bits per heavy atom. The number of nitrogens with one attached hydrogen (secondary N) is 1. The van der Waals surface area contributed by atoms with E-state index < -0.39 is 11.7 Å². The Morgan fingerprint density at radius 2 is 1.86 bits per heavy atom. The van der Waals surface area contributed by atoms with Crippen LogP contribution in [0, 0.1) is 0 Å². The Balaban J connectivity index is 2.21. The van der Waals surface area contributed by atoms with Crippen LogP contribution in [-0.4, -0.2) is 16.3 Å². The van der Waals surface area contributed by atoms with Gasteiger partial charge in [-0.25, -0.2) is 4.68 Å². The van der Waals surface area contributed by atoms with Crippen LogP contribution in [0.1, 0.15) is 37.4 Å². The molecule has 0 aliphatic heterocycles. The number of hydrogen-bond donors (Lipinski definition) is 1. The maximum Gasteiger partial charge on any atom is 0.419 e. The molecule has 1 aromatic carbocycles. The van der Waals surface area contributed by atoms with Gasteiger partial charge in [0.05, 0.1) is 17.4 Å². The standard InChI is InChI=1S/C15H18F3N3/c1-3-14(19-4-2)11-5-7-13(8-6-11)21-10-12(9-20-21)15(16,17)18/h5-10,14,19H,3-4H2,1-2H3. The summed E-state index contributed by atoms with van der Waals surface area (Å²) in [5.74, 6) is 0. The van der Waals surface area contributed by atoms with Gasteiger partial charge in [-0.05, 0) is 30.7 Å². The summed E-state index contributed by atoms with van der Waals surface area (Å²) in [6.45, 7) is 5.00. The normalized spacial score (nSPS) is 13.4. The second kappa shape index (κ2) is 6.30. The largest absolute Gasteiger partial charge is 0.419 e. The maximum absolute atomic E-state index is 12.6. The Hall–Kier alpha value is -1.82. The van der Waals surface area contributed by atoms with E-state index in [0.29, 0.717) is 5.69 Å². The summed E-state index contributed by atoms with van der Waals surface area (Å²) in [4.78, 5) is 0. The molecule has 0 bridgehead atoms. The number of aromatic nitrogens is 2. The van der Waals surface area contributed by atoms with Gasteiger partial charge in [0.2, 0.25) is 0 Å². The minimum Gasteiger partial charge on any atom is -0.310 e. The topological polar surface area (TPSA) is 29.9 Å². The van der Waals surface area contributed by atoms with Crippen LogP contribution >= 0.6 is 0 Å². The SMILES string of the molecule is CCNC(CC)c1ccc(-n2cc(C(F)(F)F)cn2)cc1. The Morgan fingerprint density at radius 1 is 1.19 bits per heavy atom. The van der Waals surface area contributed by atoms with E-state index in [2.05, 4.69) is 17.3 Å². The van der Waals surface area contributed by atoms with Gasteiger partial charge in [-0.2, -0.15) is 18.3 Å². The monoisotopic (exact) mass is 297 g/mol. The maximum atomic E-state index is 12.6. The predicted molar refractivity (Wildman–Crippen MR) is 75.3 cm³/mol. The highest BCUT2D eigenvalue weighted by molar-refractivity contribution is 5.35. The molecule has 0 radical (unpaired) electrons. The van der Waals surface area contributed by atoms with Crippen LogP contribution < -0.4 is 5.32 Å². The highest BCUT2D eigenvalue weighted by atomic mass is 19.4. The summed E-state index contributed by atoms with van der Waals surface area (Å²) in [7, 11) is 0. The number of halogens is 3. The molecule has 1 heterocycles. The van der Waals surface area contributed by atoms with Crippen LogP contribution in [0.15, 0.2) is 36.7 Å². The first kappa shape index (κ1) is 15.6. The average Bonchev–Trinajstić information content (AvgIpc) is 2.95. The molecule has 2 aromatic rings. The van der Waals surface area contributed by atoms with Gasteiger partial charge < -0.3 is 5.32 Å². The smallest absolute Gasteiger partial charge is 0.310 e. The molecule has 114 valence electrons. The van der Waals surface area contributed by atoms with Crippen LogP contribution in [0.5, 0.6) is 0 Å². The van der Waals surface area contributed by atoms with Gasteiger partial charge in [-0.1, -0.05) is 26.0 Å². The lowest BCUT2D eigenvalue weighted by atomic mass is 10.0. The molecule has 1 aromatic heterocycles. The van der Waals surface area contributed by atoms with E-state index >= 15 is 0 Å². The van der Waals surface area contributed by atoms with Crippen molar-refractivity contribution in [3.63, 3.8) is 0 Å². The lowest BCUT2D eigenvalue weighted by Gasteiger charge is -2.16. The first-order chi connectivity index (χ1) is 9.95. The fraction of sp³-hybridized carbons (Fsp3) is 0.400. The van der Waals surface area contributed by atoms with Crippen molar-refractivity contribution in [2.24, 2.45) is 0 Å². The van der Waals surface area contributed by atoms with Crippen molar-refractivity contribution in [2.45, 2.75) is 32.5 Å². The Bertz CT molecular complexity index is 573. The minimum atomic E-state index is -4.36. The van der Waals surface area contributed by atoms with Crippen LogP contribution in [0.4, 0.5) is 13.2 Å². The molecular formula is C15H18F3N3. The average molecular weight is 297 g/mol. The molecule has 0 fully saturated rings. The zero-order chi connectivity index (χ0) is 15.5. The molecule has 2 rings (SSSR count). The predicted octanol–water partition coefficient (Wildman–Crippen LogP) is 3.95. The first-order valence-electron chi connectivity index (χ1n) is 6.91. The van der Waals surface area contributed by atoms with Crippen molar-refractivity contribution in [1.82, 2.24) is 15.1 Å². The van der Waals surface area contributed by atoms with Gasteiger partial charge in [0.1, 0.15) is 0 Å². The first-order valence-corrected chi connectivity index (χ1v) is 6.91. The van der Waals surface area contributed by atoms with E-state index in [1.807, 2.05) is 19.1 Å². The molecule has 0 spiro atoms. The number of hydrogen-bond acceptors (Lipinski definition) is 2. The van der Waals surface area contributed by atoms with Crippen LogP contribution in [0.25, 0.3) is 5.69 Å². The molecule has 1 unspecified atom stereocenters. The van der Waals surface area contributed by atoms with Gasteiger partial charge in [-0.15, -0.1) is 0 Å². The number of rotatable bonds is 5. The fourth-order valence-electron chi connectivity index (χ4n) is 2.21. The summed E-state index contributed by atoms with van der Waals surface area (Å²) in [6.07, 6.45) is -1.58. The molecule has 0 amide bonds. The molecule has 21 heavy (non-hydrogen) atoms. The van der Waals surface area contributed by atoms with Crippen molar-refractivity contribution >= 4 is 0 Å². The Kier molecular flexibility index (Phi) is 4.67. The van der Waals surface area contributed by atoms with E-state index in [1.165, 1.54) is 4.68 Å². The molecule has 1 atom stereocenters. The lowest BCUT2D eigenvalue weighted by molar-refractivity contribution is -0.137. The third kappa shape index (κ3) is 3.64. The third-order valence-corrected chi connectivity index (χ3v) is 3.33. The highest BCUT2D eigenvalue weighted by Crippen LogP contribution is 2.29. The van der Waals surface area contributed by atoms with Gasteiger partial charge in [0.15, 0.2) is 0 Å². The lowest BCUT2D eigenvalue weighted by Crippen LogP contribution is -2.19. The van der Waals surface area contributed by atoms with Crippen molar-refractivity contribution in [3.05, 3.63) is 47.8 Å². The Labute approximate surface area is 121 Å². The summed E-state index contributed by atoms with van der Waals surface area (Å²) >= 11 is 0. The van der Waals surface area contributed by atoms with Gasteiger partial charge in [0.25, 0.3) is 0 Å². The summed E-state index contributed by atoms with van der Waals surface area (Å²) in [5.41, 5.74) is 0.984. The van der Waals surface area contributed by atoms with Crippen LogP contribution in [0.3, 0.4) is 0 Å². The molecule has 6 heteroatoms. The van der Waals surface area contributed by atoms with E-state index in [4.69, 9.17) is 0 Å². The highest BCUT2D eigenvalue weighted by Gasteiger charge is 2.32. The van der Waals surface area contributed by atoms with Crippen LogP contribution in [-0.2, 0) is 6.18 Å².